The average Bonchev–Trinajstić information content (AvgIpc) is 2.41. The van der Waals surface area contributed by atoms with E-state index in [2.05, 4.69) is 19.0 Å². The van der Waals surface area contributed by atoms with Gasteiger partial charge in [0.15, 0.2) is 0 Å². The van der Waals surface area contributed by atoms with E-state index < -0.39 is 5.60 Å². The van der Waals surface area contributed by atoms with Crippen LogP contribution in [0.2, 0.25) is 0 Å². The molecule has 2 unspecified atom stereocenters. The molecular formula is C16H25NO2. The van der Waals surface area contributed by atoms with Crippen molar-refractivity contribution in [2.75, 3.05) is 20.6 Å². The van der Waals surface area contributed by atoms with Gasteiger partial charge < -0.3 is 15.1 Å². The molecule has 1 aliphatic carbocycles. The standard InChI is InChI=1S/C16H25NO2/c1-17(2)11-15-7-3-4-9-16(15,19)14-8-5-6-13(10-14)12-18/h5-6,8,10,15,18-19H,3-4,7,9,11-12H2,1-2H3. The zero-order valence-corrected chi connectivity index (χ0v) is 12.0. The highest BCUT2D eigenvalue weighted by Crippen LogP contribution is 2.42. The van der Waals surface area contributed by atoms with Crippen LogP contribution in [-0.2, 0) is 12.2 Å². The van der Waals surface area contributed by atoms with Gasteiger partial charge in [-0.15, -0.1) is 0 Å². The quantitative estimate of drug-likeness (QED) is 0.874. The van der Waals surface area contributed by atoms with E-state index in [1.807, 2.05) is 24.3 Å². The van der Waals surface area contributed by atoms with E-state index in [4.69, 9.17) is 0 Å². The van der Waals surface area contributed by atoms with Crippen LogP contribution in [0.4, 0.5) is 0 Å². The third-order valence-electron chi connectivity index (χ3n) is 4.23. The number of rotatable bonds is 4. The molecule has 0 spiro atoms. The molecular weight excluding hydrogens is 238 g/mol. The second-order valence-electron chi connectivity index (χ2n) is 5.99. The lowest BCUT2D eigenvalue weighted by Crippen LogP contribution is -2.43. The van der Waals surface area contributed by atoms with Crippen molar-refractivity contribution in [1.29, 1.82) is 0 Å². The molecule has 3 nitrogen and oxygen atoms in total. The van der Waals surface area contributed by atoms with E-state index in [0.717, 1.165) is 36.9 Å². The Hall–Kier alpha value is -0.900. The fourth-order valence-corrected chi connectivity index (χ4v) is 3.23. The highest BCUT2D eigenvalue weighted by molar-refractivity contribution is 5.29. The molecule has 19 heavy (non-hydrogen) atoms. The second kappa shape index (κ2) is 6.04. The maximum Gasteiger partial charge on any atom is 0.0936 e. The minimum absolute atomic E-state index is 0.0300. The van der Waals surface area contributed by atoms with Crippen molar-refractivity contribution in [1.82, 2.24) is 4.90 Å². The molecule has 0 bridgehead atoms. The predicted octanol–water partition coefficient (Wildman–Crippen LogP) is 2.12. The lowest BCUT2D eigenvalue weighted by molar-refractivity contribution is -0.0619. The van der Waals surface area contributed by atoms with Gasteiger partial charge in [0.1, 0.15) is 0 Å². The third-order valence-corrected chi connectivity index (χ3v) is 4.23. The fraction of sp³-hybridized carbons (Fsp3) is 0.625. The predicted molar refractivity (Wildman–Crippen MR) is 76.8 cm³/mol. The van der Waals surface area contributed by atoms with Gasteiger partial charge >= 0.3 is 0 Å². The summed E-state index contributed by atoms with van der Waals surface area (Å²) in [6.45, 7) is 0.933. The van der Waals surface area contributed by atoms with Crippen LogP contribution in [0.1, 0.15) is 36.8 Å². The summed E-state index contributed by atoms with van der Waals surface area (Å²) in [6, 6.07) is 7.78. The van der Waals surface area contributed by atoms with E-state index in [0.29, 0.717) is 0 Å². The first kappa shape index (κ1) is 14.5. The Bertz CT molecular complexity index is 419. The first-order chi connectivity index (χ1) is 9.06. The minimum Gasteiger partial charge on any atom is -0.392 e. The normalized spacial score (nSPS) is 27.7. The minimum atomic E-state index is -0.742. The number of aliphatic hydroxyl groups excluding tert-OH is 1. The SMILES string of the molecule is CN(C)CC1CCCCC1(O)c1cccc(CO)c1. The van der Waals surface area contributed by atoms with Crippen molar-refractivity contribution >= 4 is 0 Å². The van der Waals surface area contributed by atoms with Crippen molar-refractivity contribution in [3.63, 3.8) is 0 Å². The van der Waals surface area contributed by atoms with Crippen LogP contribution in [0.5, 0.6) is 0 Å². The van der Waals surface area contributed by atoms with E-state index in [1.54, 1.807) is 0 Å². The largest absolute Gasteiger partial charge is 0.392 e. The third kappa shape index (κ3) is 3.16. The van der Waals surface area contributed by atoms with Crippen LogP contribution in [0.3, 0.4) is 0 Å². The second-order valence-corrected chi connectivity index (χ2v) is 5.99. The van der Waals surface area contributed by atoms with Crippen LogP contribution in [0.25, 0.3) is 0 Å². The Morgan fingerprint density at radius 3 is 2.79 bits per heavy atom. The molecule has 1 fully saturated rings. The van der Waals surface area contributed by atoms with Crippen LogP contribution in [0, 0.1) is 5.92 Å². The van der Waals surface area contributed by atoms with Gasteiger partial charge in [0.05, 0.1) is 12.2 Å². The molecule has 0 radical (unpaired) electrons. The van der Waals surface area contributed by atoms with E-state index in [1.165, 1.54) is 6.42 Å². The maximum atomic E-state index is 11.2. The Morgan fingerprint density at radius 1 is 1.32 bits per heavy atom. The van der Waals surface area contributed by atoms with Gasteiger partial charge in [-0.3, -0.25) is 0 Å². The maximum absolute atomic E-state index is 11.2. The van der Waals surface area contributed by atoms with Gasteiger partial charge in [0.2, 0.25) is 0 Å². The zero-order valence-electron chi connectivity index (χ0n) is 12.0. The van der Waals surface area contributed by atoms with Crippen LogP contribution < -0.4 is 0 Å². The molecule has 1 aromatic carbocycles. The van der Waals surface area contributed by atoms with Crippen molar-refractivity contribution in [2.45, 2.75) is 37.9 Å². The molecule has 2 N–H and O–H groups in total. The van der Waals surface area contributed by atoms with Crippen molar-refractivity contribution in [2.24, 2.45) is 5.92 Å². The zero-order chi connectivity index (χ0) is 13.9. The van der Waals surface area contributed by atoms with E-state index in [-0.39, 0.29) is 12.5 Å². The first-order valence-corrected chi connectivity index (χ1v) is 7.13. The molecule has 0 heterocycles. The van der Waals surface area contributed by atoms with Crippen molar-refractivity contribution in [3.8, 4) is 0 Å². The number of benzene rings is 1. The molecule has 1 aliphatic rings. The van der Waals surface area contributed by atoms with Gasteiger partial charge in [-0.2, -0.15) is 0 Å². The Labute approximate surface area is 115 Å². The van der Waals surface area contributed by atoms with E-state index >= 15 is 0 Å². The molecule has 0 aliphatic heterocycles. The lowest BCUT2D eigenvalue weighted by Gasteiger charge is -2.42. The summed E-state index contributed by atoms with van der Waals surface area (Å²) in [5, 5.41) is 20.4. The number of hydrogen-bond donors (Lipinski definition) is 2. The molecule has 0 saturated heterocycles. The van der Waals surface area contributed by atoms with Crippen LogP contribution >= 0.6 is 0 Å². The van der Waals surface area contributed by atoms with Gasteiger partial charge in [-0.1, -0.05) is 37.1 Å². The lowest BCUT2D eigenvalue weighted by atomic mass is 9.71. The fourth-order valence-electron chi connectivity index (χ4n) is 3.23. The first-order valence-electron chi connectivity index (χ1n) is 7.13. The van der Waals surface area contributed by atoms with Crippen LogP contribution in [0.15, 0.2) is 24.3 Å². The number of aliphatic hydroxyl groups is 2. The molecule has 106 valence electrons. The number of nitrogens with zero attached hydrogens (tertiary/aromatic N) is 1. The molecule has 2 rings (SSSR count). The van der Waals surface area contributed by atoms with Gasteiger partial charge in [-0.05, 0) is 38.1 Å². The Kier molecular flexibility index (Phi) is 4.61. The molecule has 1 saturated carbocycles. The molecule has 1 aromatic rings. The highest BCUT2D eigenvalue weighted by Gasteiger charge is 2.40. The highest BCUT2D eigenvalue weighted by atomic mass is 16.3. The molecule has 2 atom stereocenters. The topological polar surface area (TPSA) is 43.7 Å². The molecule has 3 heteroatoms. The summed E-state index contributed by atoms with van der Waals surface area (Å²) < 4.78 is 0. The molecule has 0 aromatic heterocycles. The van der Waals surface area contributed by atoms with E-state index in [9.17, 15) is 10.2 Å². The summed E-state index contributed by atoms with van der Waals surface area (Å²) in [5.74, 6) is 0.269. The summed E-state index contributed by atoms with van der Waals surface area (Å²) in [6.07, 6.45) is 4.16. The Morgan fingerprint density at radius 2 is 2.11 bits per heavy atom. The van der Waals surface area contributed by atoms with Crippen molar-refractivity contribution < 1.29 is 10.2 Å². The van der Waals surface area contributed by atoms with Gasteiger partial charge in [0.25, 0.3) is 0 Å². The summed E-state index contributed by atoms with van der Waals surface area (Å²) in [7, 11) is 4.11. The monoisotopic (exact) mass is 263 g/mol. The van der Waals surface area contributed by atoms with Gasteiger partial charge in [-0.25, -0.2) is 0 Å². The summed E-state index contributed by atoms with van der Waals surface area (Å²) >= 11 is 0. The summed E-state index contributed by atoms with van der Waals surface area (Å²) in [4.78, 5) is 2.15. The molecule has 0 amide bonds. The van der Waals surface area contributed by atoms with Crippen LogP contribution in [-0.4, -0.2) is 35.8 Å². The Balaban J connectivity index is 2.30. The number of hydrogen-bond acceptors (Lipinski definition) is 3. The van der Waals surface area contributed by atoms with Gasteiger partial charge in [0, 0.05) is 12.5 Å². The van der Waals surface area contributed by atoms with Crippen molar-refractivity contribution in [3.05, 3.63) is 35.4 Å². The average molecular weight is 263 g/mol. The summed E-state index contributed by atoms with van der Waals surface area (Å²) in [5.41, 5.74) is 1.10. The smallest absolute Gasteiger partial charge is 0.0936 e.